The Morgan fingerprint density at radius 1 is 1.03 bits per heavy atom. The largest absolute Gasteiger partial charge is 0.334 e. The van der Waals surface area contributed by atoms with Gasteiger partial charge in [0.25, 0.3) is 0 Å². The Kier molecular flexibility index (Phi) is 7.19. The van der Waals surface area contributed by atoms with Gasteiger partial charge in [-0.1, -0.05) is 55.5 Å². The number of rotatable bonds is 7. The van der Waals surface area contributed by atoms with Crippen molar-refractivity contribution in [3.63, 3.8) is 0 Å². The minimum atomic E-state index is -0.724. The van der Waals surface area contributed by atoms with E-state index < -0.39 is 12.1 Å². The van der Waals surface area contributed by atoms with Crippen LogP contribution in [-0.4, -0.2) is 28.9 Å². The number of anilines is 2. The molecule has 1 aromatic heterocycles. The van der Waals surface area contributed by atoms with E-state index in [1.807, 2.05) is 44.2 Å². The SMILES string of the molecule is CC(=O)Nc1ccc2nc(NC(=O)C(NC(=O)NCc3ccccc3)C(C)C)sc2c1. The molecule has 1 atom stereocenters. The number of hydrogen-bond donors (Lipinski definition) is 4. The highest BCUT2D eigenvalue weighted by molar-refractivity contribution is 7.22. The molecule has 0 aliphatic rings. The third-order valence-electron chi connectivity index (χ3n) is 4.47. The number of carbonyl (C=O) groups excluding carboxylic acids is 3. The molecule has 0 saturated carbocycles. The number of hydrogen-bond acceptors (Lipinski definition) is 5. The normalized spacial score (nSPS) is 11.7. The quantitative estimate of drug-likeness (QED) is 0.449. The van der Waals surface area contributed by atoms with E-state index in [-0.39, 0.29) is 17.7 Å². The molecule has 0 spiro atoms. The minimum absolute atomic E-state index is 0.122. The van der Waals surface area contributed by atoms with Gasteiger partial charge in [0.1, 0.15) is 6.04 Å². The van der Waals surface area contributed by atoms with Crippen molar-refractivity contribution in [3.05, 3.63) is 54.1 Å². The van der Waals surface area contributed by atoms with Crippen molar-refractivity contribution in [2.24, 2.45) is 5.92 Å². The van der Waals surface area contributed by atoms with Crippen LogP contribution in [-0.2, 0) is 16.1 Å². The van der Waals surface area contributed by atoms with Crippen molar-refractivity contribution in [2.45, 2.75) is 33.4 Å². The summed E-state index contributed by atoms with van der Waals surface area (Å²) in [5.74, 6) is -0.622. The number of amides is 4. The fourth-order valence-corrected chi connectivity index (χ4v) is 3.86. The van der Waals surface area contributed by atoms with Gasteiger partial charge < -0.3 is 21.3 Å². The molecule has 0 saturated heterocycles. The summed E-state index contributed by atoms with van der Waals surface area (Å²) in [5.41, 5.74) is 2.35. The molecule has 31 heavy (non-hydrogen) atoms. The maximum Gasteiger partial charge on any atom is 0.315 e. The first-order valence-electron chi connectivity index (χ1n) is 9.89. The van der Waals surface area contributed by atoms with Crippen molar-refractivity contribution in [3.8, 4) is 0 Å². The van der Waals surface area contributed by atoms with Crippen LogP contribution >= 0.6 is 11.3 Å². The van der Waals surface area contributed by atoms with Crippen LogP contribution in [0.1, 0.15) is 26.3 Å². The molecule has 8 nitrogen and oxygen atoms in total. The number of nitrogens with one attached hydrogen (secondary N) is 4. The number of nitrogens with zero attached hydrogens (tertiary/aromatic N) is 1. The first kappa shape index (κ1) is 22.2. The molecule has 3 rings (SSSR count). The Balaban J connectivity index is 1.63. The zero-order valence-electron chi connectivity index (χ0n) is 17.6. The second-order valence-corrected chi connectivity index (χ2v) is 8.44. The van der Waals surface area contributed by atoms with Crippen molar-refractivity contribution in [2.75, 3.05) is 10.6 Å². The van der Waals surface area contributed by atoms with Crippen LogP contribution in [0.2, 0.25) is 0 Å². The second-order valence-electron chi connectivity index (χ2n) is 7.41. The van der Waals surface area contributed by atoms with Crippen molar-refractivity contribution < 1.29 is 14.4 Å². The standard InChI is InChI=1S/C22H25N5O3S/c1-13(2)19(26-21(30)23-12-15-7-5-4-6-8-15)20(29)27-22-25-17-10-9-16(24-14(3)28)11-18(17)31-22/h4-11,13,19H,12H2,1-3H3,(H,24,28)(H2,23,26,30)(H,25,27,29). The highest BCUT2D eigenvalue weighted by Crippen LogP contribution is 2.28. The number of urea groups is 1. The molecule has 0 aliphatic heterocycles. The van der Waals surface area contributed by atoms with Crippen LogP contribution in [0, 0.1) is 5.92 Å². The Bertz CT molecular complexity index is 1080. The van der Waals surface area contributed by atoms with Crippen molar-refractivity contribution in [1.29, 1.82) is 0 Å². The summed E-state index contributed by atoms with van der Waals surface area (Å²) in [7, 11) is 0. The Morgan fingerprint density at radius 2 is 1.77 bits per heavy atom. The van der Waals surface area contributed by atoms with E-state index in [0.29, 0.717) is 22.9 Å². The van der Waals surface area contributed by atoms with E-state index in [4.69, 9.17) is 0 Å². The lowest BCUT2D eigenvalue weighted by molar-refractivity contribution is -0.119. The molecule has 0 radical (unpaired) electrons. The van der Waals surface area contributed by atoms with Gasteiger partial charge in [-0.05, 0) is 29.7 Å². The summed E-state index contributed by atoms with van der Waals surface area (Å²) in [4.78, 5) is 40.8. The van der Waals surface area contributed by atoms with E-state index in [2.05, 4.69) is 26.3 Å². The molecule has 0 aliphatic carbocycles. The average Bonchev–Trinajstić information content (AvgIpc) is 3.11. The summed E-state index contributed by atoms with van der Waals surface area (Å²) in [6, 6.07) is 13.7. The first-order valence-corrected chi connectivity index (χ1v) is 10.7. The smallest absolute Gasteiger partial charge is 0.315 e. The maximum absolute atomic E-state index is 12.8. The molecule has 1 heterocycles. The van der Waals surface area contributed by atoms with Gasteiger partial charge in [-0.15, -0.1) is 0 Å². The summed E-state index contributed by atoms with van der Waals surface area (Å²) in [6.45, 7) is 5.53. The Hall–Kier alpha value is -3.46. The van der Waals surface area contributed by atoms with E-state index in [9.17, 15) is 14.4 Å². The lowest BCUT2D eigenvalue weighted by atomic mass is 10.0. The molecule has 4 amide bonds. The molecular formula is C22H25N5O3S. The third kappa shape index (κ3) is 6.26. The molecule has 2 aromatic carbocycles. The summed E-state index contributed by atoms with van der Waals surface area (Å²) in [6.07, 6.45) is 0. The van der Waals surface area contributed by atoms with Crippen LogP contribution in [0.4, 0.5) is 15.6 Å². The van der Waals surface area contributed by atoms with Crippen LogP contribution in [0.3, 0.4) is 0 Å². The van der Waals surface area contributed by atoms with E-state index in [0.717, 1.165) is 10.3 Å². The lowest BCUT2D eigenvalue weighted by Gasteiger charge is -2.21. The molecule has 1 unspecified atom stereocenters. The fraction of sp³-hybridized carbons (Fsp3) is 0.273. The molecular weight excluding hydrogens is 414 g/mol. The molecule has 162 valence electrons. The summed E-state index contributed by atoms with van der Waals surface area (Å²) < 4.78 is 0.830. The van der Waals surface area contributed by atoms with Crippen molar-refractivity contribution in [1.82, 2.24) is 15.6 Å². The van der Waals surface area contributed by atoms with Gasteiger partial charge in [0.2, 0.25) is 11.8 Å². The van der Waals surface area contributed by atoms with E-state index >= 15 is 0 Å². The Morgan fingerprint density at radius 3 is 2.45 bits per heavy atom. The van der Waals surface area contributed by atoms with Gasteiger partial charge >= 0.3 is 6.03 Å². The van der Waals surface area contributed by atoms with Gasteiger partial charge in [-0.3, -0.25) is 9.59 Å². The monoisotopic (exact) mass is 439 g/mol. The van der Waals surface area contributed by atoms with E-state index in [1.54, 1.807) is 18.2 Å². The topological polar surface area (TPSA) is 112 Å². The van der Waals surface area contributed by atoms with Crippen LogP contribution < -0.4 is 21.3 Å². The number of aromatic nitrogens is 1. The number of thiazole rings is 1. The molecule has 4 N–H and O–H groups in total. The predicted molar refractivity (Wildman–Crippen MR) is 123 cm³/mol. The van der Waals surface area contributed by atoms with Gasteiger partial charge in [-0.25, -0.2) is 9.78 Å². The molecule has 3 aromatic rings. The van der Waals surface area contributed by atoms with Gasteiger partial charge in [0.15, 0.2) is 5.13 Å². The molecule has 0 fully saturated rings. The highest BCUT2D eigenvalue weighted by Gasteiger charge is 2.25. The van der Waals surface area contributed by atoms with Crippen LogP contribution in [0.25, 0.3) is 10.2 Å². The first-order chi connectivity index (χ1) is 14.8. The highest BCUT2D eigenvalue weighted by atomic mass is 32.1. The average molecular weight is 440 g/mol. The van der Waals surface area contributed by atoms with Crippen LogP contribution in [0.5, 0.6) is 0 Å². The third-order valence-corrected chi connectivity index (χ3v) is 5.40. The van der Waals surface area contributed by atoms with Gasteiger partial charge in [0.05, 0.1) is 10.2 Å². The van der Waals surface area contributed by atoms with E-state index in [1.165, 1.54) is 18.3 Å². The number of carbonyl (C=O) groups is 3. The Labute approximate surface area is 184 Å². The van der Waals surface area contributed by atoms with Crippen molar-refractivity contribution >= 4 is 50.2 Å². The maximum atomic E-state index is 12.8. The fourth-order valence-electron chi connectivity index (χ4n) is 2.95. The predicted octanol–water partition coefficient (Wildman–Crippen LogP) is 3.72. The number of benzene rings is 2. The van der Waals surface area contributed by atoms with Crippen LogP contribution in [0.15, 0.2) is 48.5 Å². The van der Waals surface area contributed by atoms with Gasteiger partial charge in [-0.2, -0.15) is 0 Å². The van der Waals surface area contributed by atoms with Gasteiger partial charge in [0, 0.05) is 19.2 Å². The summed E-state index contributed by atoms with van der Waals surface area (Å²) in [5, 5.41) is 11.4. The number of fused-ring (bicyclic) bond motifs is 1. The minimum Gasteiger partial charge on any atom is -0.334 e. The molecule has 9 heteroatoms. The zero-order chi connectivity index (χ0) is 22.4. The summed E-state index contributed by atoms with van der Waals surface area (Å²) >= 11 is 1.30. The lowest BCUT2D eigenvalue weighted by Crippen LogP contribution is -2.50. The molecule has 0 bridgehead atoms. The second kappa shape index (κ2) is 10.0. The zero-order valence-corrected chi connectivity index (χ0v) is 18.4.